The number of benzene rings is 1. The fourth-order valence-electron chi connectivity index (χ4n) is 1.95. The molecule has 0 bridgehead atoms. The molecule has 2 N–H and O–H groups in total. The third-order valence-electron chi connectivity index (χ3n) is 3.21. The van der Waals surface area contributed by atoms with Gasteiger partial charge in [-0.1, -0.05) is 0 Å². The van der Waals surface area contributed by atoms with Crippen LogP contribution in [0.2, 0.25) is 0 Å². The van der Waals surface area contributed by atoms with Crippen LogP contribution in [-0.2, 0) is 14.8 Å². The number of rotatable bonds is 6. The molecule has 1 heterocycles. The minimum Gasteiger partial charge on any atom is -0.480 e. The van der Waals surface area contributed by atoms with E-state index in [0.717, 1.165) is 18.3 Å². The second kappa shape index (κ2) is 6.65. The normalized spacial score (nSPS) is 13.2. The van der Waals surface area contributed by atoms with E-state index in [1.54, 1.807) is 13.8 Å². The number of carboxylic acids is 1. The van der Waals surface area contributed by atoms with Gasteiger partial charge in [-0.3, -0.25) is 9.48 Å². The van der Waals surface area contributed by atoms with Crippen LogP contribution in [0.3, 0.4) is 0 Å². The fourth-order valence-corrected chi connectivity index (χ4v) is 3.05. The fraction of sp³-hybridized carbons (Fsp3) is 0.286. The highest BCUT2D eigenvalue weighted by Crippen LogP contribution is 2.22. The van der Waals surface area contributed by atoms with Gasteiger partial charge in [0.2, 0.25) is 10.0 Å². The number of nitrogens with one attached hydrogen (secondary N) is 1. The number of halogens is 2. The Labute approximate surface area is 137 Å². The Hall–Kier alpha value is -2.33. The summed E-state index contributed by atoms with van der Waals surface area (Å²) < 4.78 is 54.9. The maximum Gasteiger partial charge on any atom is 0.326 e. The minimum atomic E-state index is -4.30. The predicted molar refractivity (Wildman–Crippen MR) is 79.7 cm³/mol. The van der Waals surface area contributed by atoms with Crippen LogP contribution in [-0.4, -0.2) is 29.3 Å². The SMILES string of the molecule is CC(C)n1cc(S(=O)(=O)NC(C(=O)O)c2cc(F)ccc2F)cn1. The Morgan fingerprint density at radius 1 is 1.33 bits per heavy atom. The van der Waals surface area contributed by atoms with Gasteiger partial charge in [0, 0.05) is 17.8 Å². The van der Waals surface area contributed by atoms with E-state index in [1.165, 1.54) is 10.9 Å². The lowest BCUT2D eigenvalue weighted by atomic mass is 10.1. The molecule has 2 aromatic rings. The molecule has 10 heteroatoms. The molecular formula is C14H15F2N3O4S. The number of sulfonamides is 1. The Bertz CT molecular complexity index is 865. The molecule has 0 aliphatic heterocycles. The Morgan fingerprint density at radius 2 is 2.00 bits per heavy atom. The zero-order chi connectivity index (χ0) is 18.1. The number of carboxylic acid groups (broad SMARTS) is 1. The molecule has 0 spiro atoms. The predicted octanol–water partition coefficient (Wildman–Crippen LogP) is 1.85. The first kappa shape index (κ1) is 18.0. The molecule has 0 aliphatic rings. The summed E-state index contributed by atoms with van der Waals surface area (Å²) in [5.74, 6) is -3.59. The van der Waals surface area contributed by atoms with Gasteiger partial charge in [0.15, 0.2) is 0 Å². The summed E-state index contributed by atoms with van der Waals surface area (Å²) in [4.78, 5) is 11.1. The van der Waals surface area contributed by atoms with Crippen molar-refractivity contribution in [3.05, 3.63) is 47.8 Å². The molecule has 0 fully saturated rings. The molecule has 1 unspecified atom stereocenters. The highest BCUT2D eigenvalue weighted by Gasteiger charge is 2.30. The standard InChI is InChI=1S/C14H15F2N3O4S/c1-8(2)19-7-10(6-17-19)24(22,23)18-13(14(20)21)11-5-9(15)3-4-12(11)16/h3-8,13,18H,1-2H3,(H,20,21). The van der Waals surface area contributed by atoms with Crippen LogP contribution in [0.15, 0.2) is 35.5 Å². The highest BCUT2D eigenvalue weighted by atomic mass is 32.2. The summed E-state index contributed by atoms with van der Waals surface area (Å²) >= 11 is 0. The molecule has 130 valence electrons. The lowest BCUT2D eigenvalue weighted by Crippen LogP contribution is -2.34. The van der Waals surface area contributed by atoms with Crippen LogP contribution in [0.25, 0.3) is 0 Å². The number of aliphatic carboxylic acids is 1. The Balaban J connectivity index is 2.39. The van der Waals surface area contributed by atoms with Crippen molar-refractivity contribution in [1.82, 2.24) is 14.5 Å². The van der Waals surface area contributed by atoms with E-state index < -0.39 is 39.2 Å². The summed E-state index contributed by atoms with van der Waals surface area (Å²) in [7, 11) is -4.30. The lowest BCUT2D eigenvalue weighted by molar-refractivity contribution is -0.139. The summed E-state index contributed by atoms with van der Waals surface area (Å²) in [6.07, 6.45) is 2.26. The maximum atomic E-state index is 13.8. The van der Waals surface area contributed by atoms with Crippen molar-refractivity contribution in [3.63, 3.8) is 0 Å². The number of carbonyl (C=O) groups is 1. The van der Waals surface area contributed by atoms with Crippen LogP contribution < -0.4 is 4.72 Å². The highest BCUT2D eigenvalue weighted by molar-refractivity contribution is 7.89. The third-order valence-corrected chi connectivity index (χ3v) is 4.58. The van der Waals surface area contributed by atoms with Gasteiger partial charge in [-0.2, -0.15) is 9.82 Å². The molecule has 0 aliphatic carbocycles. The van der Waals surface area contributed by atoms with E-state index in [0.29, 0.717) is 6.07 Å². The van der Waals surface area contributed by atoms with E-state index in [9.17, 15) is 27.1 Å². The van der Waals surface area contributed by atoms with Crippen LogP contribution in [0, 0.1) is 11.6 Å². The summed E-state index contributed by atoms with van der Waals surface area (Å²) in [5.41, 5.74) is -0.623. The van der Waals surface area contributed by atoms with Crippen molar-refractivity contribution in [2.24, 2.45) is 0 Å². The van der Waals surface area contributed by atoms with Crippen molar-refractivity contribution in [1.29, 1.82) is 0 Å². The monoisotopic (exact) mass is 359 g/mol. The smallest absolute Gasteiger partial charge is 0.326 e. The first-order valence-corrected chi connectivity index (χ1v) is 8.34. The Kier molecular flexibility index (Phi) is 4.99. The van der Waals surface area contributed by atoms with Crippen molar-refractivity contribution >= 4 is 16.0 Å². The Morgan fingerprint density at radius 3 is 2.54 bits per heavy atom. The van der Waals surface area contributed by atoms with E-state index in [-0.39, 0.29) is 10.9 Å². The van der Waals surface area contributed by atoms with Gasteiger partial charge in [-0.15, -0.1) is 0 Å². The van der Waals surface area contributed by atoms with Crippen molar-refractivity contribution in [2.45, 2.75) is 30.8 Å². The number of aromatic nitrogens is 2. The van der Waals surface area contributed by atoms with Crippen LogP contribution in [0.1, 0.15) is 31.5 Å². The molecule has 7 nitrogen and oxygen atoms in total. The van der Waals surface area contributed by atoms with Crippen LogP contribution in [0.4, 0.5) is 8.78 Å². The molecule has 0 saturated heterocycles. The summed E-state index contributed by atoms with van der Waals surface area (Å²) in [5, 5.41) is 13.1. The van der Waals surface area contributed by atoms with Crippen molar-refractivity contribution in [2.75, 3.05) is 0 Å². The average Bonchev–Trinajstić information content (AvgIpc) is 2.98. The van der Waals surface area contributed by atoms with Gasteiger partial charge >= 0.3 is 5.97 Å². The van der Waals surface area contributed by atoms with E-state index >= 15 is 0 Å². The van der Waals surface area contributed by atoms with Gasteiger partial charge in [-0.05, 0) is 32.0 Å². The van der Waals surface area contributed by atoms with E-state index in [4.69, 9.17) is 0 Å². The molecular weight excluding hydrogens is 344 g/mol. The quantitative estimate of drug-likeness (QED) is 0.820. The molecule has 24 heavy (non-hydrogen) atoms. The zero-order valence-corrected chi connectivity index (χ0v) is 13.6. The molecule has 2 rings (SSSR count). The number of hydrogen-bond acceptors (Lipinski definition) is 4. The van der Waals surface area contributed by atoms with Crippen molar-refractivity contribution < 1.29 is 27.1 Å². The lowest BCUT2D eigenvalue weighted by Gasteiger charge is -2.15. The molecule has 0 amide bonds. The average molecular weight is 359 g/mol. The second-order valence-corrected chi connectivity index (χ2v) is 7.02. The van der Waals surface area contributed by atoms with E-state index in [2.05, 4.69) is 5.10 Å². The second-order valence-electron chi connectivity index (χ2n) is 5.31. The molecule has 1 atom stereocenters. The van der Waals surface area contributed by atoms with Gasteiger partial charge in [0.1, 0.15) is 22.6 Å². The van der Waals surface area contributed by atoms with Crippen LogP contribution in [0.5, 0.6) is 0 Å². The third kappa shape index (κ3) is 3.77. The first-order chi connectivity index (χ1) is 11.1. The molecule has 0 saturated carbocycles. The number of nitrogens with zero attached hydrogens (tertiary/aromatic N) is 2. The zero-order valence-electron chi connectivity index (χ0n) is 12.8. The summed E-state index contributed by atoms with van der Waals surface area (Å²) in [6, 6.07) is 0.0803. The van der Waals surface area contributed by atoms with Gasteiger partial charge in [-0.25, -0.2) is 17.2 Å². The molecule has 1 aromatic carbocycles. The van der Waals surface area contributed by atoms with Crippen LogP contribution >= 0.6 is 0 Å². The van der Waals surface area contributed by atoms with Crippen molar-refractivity contribution in [3.8, 4) is 0 Å². The topological polar surface area (TPSA) is 101 Å². The first-order valence-electron chi connectivity index (χ1n) is 6.86. The van der Waals surface area contributed by atoms with Gasteiger partial charge in [0.25, 0.3) is 0 Å². The van der Waals surface area contributed by atoms with Gasteiger partial charge < -0.3 is 5.11 Å². The number of hydrogen-bond donors (Lipinski definition) is 2. The largest absolute Gasteiger partial charge is 0.480 e. The maximum absolute atomic E-state index is 13.8. The van der Waals surface area contributed by atoms with Gasteiger partial charge in [0.05, 0.1) is 6.20 Å². The minimum absolute atomic E-state index is 0.107. The molecule has 1 aromatic heterocycles. The van der Waals surface area contributed by atoms with E-state index in [1.807, 2.05) is 4.72 Å². The summed E-state index contributed by atoms with van der Waals surface area (Å²) in [6.45, 7) is 3.55. The molecule has 0 radical (unpaired) electrons.